The molecule has 1 amide bonds. The van der Waals surface area contributed by atoms with Crippen molar-refractivity contribution in [2.24, 2.45) is 5.41 Å². The number of H-pyrrole nitrogens is 1. The minimum atomic E-state index is -0.300. The molecule has 1 atom stereocenters. The number of hydrogen-bond donors (Lipinski definition) is 2. The fourth-order valence-electron chi connectivity index (χ4n) is 3.79. The molecular formula is C18H20FN3O2. The molecule has 1 aliphatic carbocycles. The zero-order valence-electron chi connectivity index (χ0n) is 13.3. The van der Waals surface area contributed by atoms with Gasteiger partial charge in [-0.3, -0.25) is 9.89 Å². The maximum Gasteiger partial charge on any atom is 0.271 e. The van der Waals surface area contributed by atoms with E-state index in [-0.39, 0.29) is 23.2 Å². The van der Waals surface area contributed by atoms with Crippen LogP contribution in [0.25, 0.3) is 11.3 Å². The van der Waals surface area contributed by atoms with E-state index in [4.69, 9.17) is 0 Å². The van der Waals surface area contributed by atoms with Crippen LogP contribution < -0.4 is 0 Å². The van der Waals surface area contributed by atoms with Gasteiger partial charge >= 0.3 is 0 Å². The molecular weight excluding hydrogens is 309 g/mol. The Morgan fingerprint density at radius 3 is 2.54 bits per heavy atom. The Labute approximate surface area is 139 Å². The Balaban J connectivity index is 1.45. The Morgan fingerprint density at radius 1 is 1.25 bits per heavy atom. The van der Waals surface area contributed by atoms with E-state index in [1.165, 1.54) is 12.1 Å². The monoisotopic (exact) mass is 329 g/mol. The maximum absolute atomic E-state index is 13.0. The Kier molecular flexibility index (Phi) is 3.64. The summed E-state index contributed by atoms with van der Waals surface area (Å²) in [6, 6.07) is 7.74. The van der Waals surface area contributed by atoms with E-state index in [2.05, 4.69) is 10.2 Å². The molecule has 1 saturated heterocycles. The number of aromatic nitrogens is 2. The minimum absolute atomic E-state index is 0.0457. The van der Waals surface area contributed by atoms with Gasteiger partial charge in [0.2, 0.25) is 0 Å². The van der Waals surface area contributed by atoms with Crippen molar-refractivity contribution in [3.63, 3.8) is 0 Å². The van der Waals surface area contributed by atoms with Gasteiger partial charge in [0.15, 0.2) is 0 Å². The summed E-state index contributed by atoms with van der Waals surface area (Å²) in [6.45, 7) is 1.33. The van der Waals surface area contributed by atoms with Gasteiger partial charge in [-0.05, 0) is 61.4 Å². The number of hydrogen-bond acceptors (Lipinski definition) is 3. The van der Waals surface area contributed by atoms with Crippen LogP contribution >= 0.6 is 0 Å². The molecule has 0 bridgehead atoms. The predicted molar refractivity (Wildman–Crippen MR) is 86.8 cm³/mol. The van der Waals surface area contributed by atoms with Crippen molar-refractivity contribution >= 4 is 5.91 Å². The van der Waals surface area contributed by atoms with Crippen molar-refractivity contribution in [1.82, 2.24) is 15.1 Å². The number of nitrogens with zero attached hydrogens (tertiary/aromatic N) is 2. The normalized spacial score (nSPS) is 22.4. The van der Waals surface area contributed by atoms with E-state index in [9.17, 15) is 14.3 Å². The van der Waals surface area contributed by atoms with Crippen LogP contribution in [0.4, 0.5) is 4.39 Å². The van der Waals surface area contributed by atoms with Gasteiger partial charge in [0.05, 0.1) is 11.8 Å². The Bertz CT molecular complexity index is 748. The number of likely N-dealkylation sites (tertiary alicyclic amines) is 1. The lowest BCUT2D eigenvalue weighted by molar-refractivity contribution is -0.0952. The number of carbonyl (C=O) groups excluding carboxylic acids is 1. The lowest BCUT2D eigenvalue weighted by Crippen LogP contribution is -2.53. The molecule has 0 radical (unpaired) electrons. The summed E-state index contributed by atoms with van der Waals surface area (Å²) < 4.78 is 13.0. The van der Waals surface area contributed by atoms with Crippen molar-refractivity contribution in [3.8, 4) is 11.3 Å². The number of carbonyl (C=O) groups is 1. The van der Waals surface area contributed by atoms with Crippen molar-refractivity contribution in [2.75, 3.05) is 13.1 Å². The highest BCUT2D eigenvalue weighted by Crippen LogP contribution is 2.49. The summed E-state index contributed by atoms with van der Waals surface area (Å²) >= 11 is 0. The van der Waals surface area contributed by atoms with E-state index in [0.717, 1.165) is 31.2 Å². The fourth-order valence-corrected chi connectivity index (χ4v) is 3.79. The van der Waals surface area contributed by atoms with Gasteiger partial charge in [0.1, 0.15) is 11.5 Å². The quantitative estimate of drug-likeness (QED) is 0.890. The lowest BCUT2D eigenvalue weighted by Gasteiger charge is -2.51. The van der Waals surface area contributed by atoms with Crippen molar-refractivity contribution < 1.29 is 14.3 Å². The molecule has 1 aromatic carbocycles. The van der Waals surface area contributed by atoms with Crippen LogP contribution in [0.1, 0.15) is 36.2 Å². The van der Waals surface area contributed by atoms with Gasteiger partial charge in [-0.15, -0.1) is 0 Å². The molecule has 2 fully saturated rings. The number of nitrogens with one attached hydrogen (secondary N) is 1. The fraction of sp³-hybridized carbons (Fsp3) is 0.444. The number of benzene rings is 1. The number of aromatic amines is 1. The number of halogens is 1. The van der Waals surface area contributed by atoms with Crippen molar-refractivity contribution in [2.45, 2.75) is 31.8 Å². The summed E-state index contributed by atoms with van der Waals surface area (Å²) in [5.74, 6) is -0.370. The van der Waals surface area contributed by atoms with Gasteiger partial charge in [-0.1, -0.05) is 0 Å². The standard InChI is InChI=1S/C18H20FN3O2/c19-13-3-1-12(2-4-13)14-11-15(21-20-14)17(24)22-9-7-18(8-10-22)6-5-16(18)23/h1-4,11,16,23H,5-10H2,(H,20,21). The summed E-state index contributed by atoms with van der Waals surface area (Å²) in [6.07, 6.45) is 3.47. The zero-order valence-corrected chi connectivity index (χ0v) is 13.3. The lowest BCUT2D eigenvalue weighted by atomic mass is 9.61. The van der Waals surface area contributed by atoms with E-state index in [1.807, 2.05) is 4.90 Å². The highest BCUT2D eigenvalue weighted by atomic mass is 19.1. The van der Waals surface area contributed by atoms with Gasteiger partial charge in [0, 0.05) is 18.7 Å². The van der Waals surface area contributed by atoms with Gasteiger partial charge in [-0.2, -0.15) is 5.10 Å². The molecule has 1 spiro atoms. The topological polar surface area (TPSA) is 69.2 Å². The molecule has 5 nitrogen and oxygen atoms in total. The number of amides is 1. The highest BCUT2D eigenvalue weighted by Gasteiger charge is 2.47. The average molecular weight is 329 g/mol. The molecule has 24 heavy (non-hydrogen) atoms. The minimum Gasteiger partial charge on any atom is -0.393 e. The third-order valence-corrected chi connectivity index (χ3v) is 5.62. The second kappa shape index (κ2) is 5.70. The van der Waals surface area contributed by atoms with E-state index < -0.39 is 0 Å². The van der Waals surface area contributed by atoms with Gasteiger partial charge < -0.3 is 10.0 Å². The average Bonchev–Trinajstić information content (AvgIpc) is 3.10. The van der Waals surface area contributed by atoms with Crippen LogP contribution in [0, 0.1) is 11.2 Å². The second-order valence-corrected chi connectivity index (χ2v) is 6.88. The molecule has 1 aliphatic heterocycles. The second-order valence-electron chi connectivity index (χ2n) is 6.88. The van der Waals surface area contributed by atoms with Crippen LogP contribution in [-0.4, -0.2) is 45.3 Å². The molecule has 1 aromatic heterocycles. The van der Waals surface area contributed by atoms with E-state index in [0.29, 0.717) is 24.5 Å². The molecule has 1 saturated carbocycles. The highest BCUT2D eigenvalue weighted by molar-refractivity contribution is 5.93. The Morgan fingerprint density at radius 2 is 1.96 bits per heavy atom. The molecule has 2 aliphatic rings. The summed E-state index contributed by atoms with van der Waals surface area (Å²) in [4.78, 5) is 14.4. The number of rotatable bonds is 2. The molecule has 4 rings (SSSR count). The first-order valence-corrected chi connectivity index (χ1v) is 8.36. The third kappa shape index (κ3) is 2.51. The largest absolute Gasteiger partial charge is 0.393 e. The van der Waals surface area contributed by atoms with Crippen LogP contribution in [0.2, 0.25) is 0 Å². The van der Waals surface area contributed by atoms with Gasteiger partial charge in [-0.25, -0.2) is 4.39 Å². The summed E-state index contributed by atoms with van der Waals surface area (Å²) in [7, 11) is 0. The molecule has 1 unspecified atom stereocenters. The van der Waals surface area contributed by atoms with Crippen LogP contribution in [0.5, 0.6) is 0 Å². The van der Waals surface area contributed by atoms with Crippen molar-refractivity contribution in [3.05, 3.63) is 41.8 Å². The molecule has 2 N–H and O–H groups in total. The maximum atomic E-state index is 13.0. The first-order valence-electron chi connectivity index (χ1n) is 8.36. The molecule has 2 heterocycles. The zero-order chi connectivity index (χ0) is 16.7. The smallest absolute Gasteiger partial charge is 0.271 e. The van der Waals surface area contributed by atoms with Gasteiger partial charge in [0.25, 0.3) is 5.91 Å². The molecule has 2 aromatic rings. The first-order chi connectivity index (χ1) is 11.6. The molecule has 126 valence electrons. The first kappa shape index (κ1) is 15.3. The van der Waals surface area contributed by atoms with E-state index >= 15 is 0 Å². The number of piperidine rings is 1. The van der Waals surface area contributed by atoms with Crippen molar-refractivity contribution in [1.29, 1.82) is 0 Å². The predicted octanol–water partition coefficient (Wildman–Crippen LogP) is 2.59. The number of aliphatic hydroxyl groups is 1. The summed E-state index contributed by atoms with van der Waals surface area (Å²) in [5, 5.41) is 16.9. The van der Waals surface area contributed by atoms with Crippen LogP contribution in [0.15, 0.2) is 30.3 Å². The summed E-state index contributed by atoms with van der Waals surface area (Å²) in [5.41, 5.74) is 1.88. The SMILES string of the molecule is O=C(c1cc(-c2ccc(F)cc2)n[nH]1)N1CCC2(CCC2O)CC1. The Hall–Kier alpha value is -2.21. The van der Waals surface area contributed by atoms with E-state index in [1.54, 1.807) is 18.2 Å². The number of aliphatic hydroxyl groups excluding tert-OH is 1. The van der Waals surface area contributed by atoms with Crippen LogP contribution in [0.3, 0.4) is 0 Å². The molecule has 6 heteroatoms. The third-order valence-electron chi connectivity index (χ3n) is 5.62. The van der Waals surface area contributed by atoms with Crippen LogP contribution in [-0.2, 0) is 0 Å².